The van der Waals surface area contributed by atoms with Crippen LogP contribution in [0.4, 0.5) is 5.69 Å². The summed E-state index contributed by atoms with van der Waals surface area (Å²) in [6.45, 7) is 4.65. The molecule has 1 N–H and O–H groups in total. The molecule has 2 aromatic carbocycles. The van der Waals surface area contributed by atoms with Crippen LogP contribution in [0, 0.1) is 6.92 Å². The molecule has 0 unspecified atom stereocenters. The summed E-state index contributed by atoms with van der Waals surface area (Å²) in [5, 5.41) is 3.59. The van der Waals surface area contributed by atoms with Crippen LogP contribution >= 0.6 is 15.9 Å². The molecule has 1 fully saturated rings. The topological polar surface area (TPSA) is 65.8 Å². The standard InChI is InChI=1S/C22H22BrN3O3/c1-15-18-13-16(23)7-8-19(18)29-21(15)22(28)24-14-20(27)26-11-9-25(10-12-26)17-5-3-2-4-6-17/h2-8,13H,9-12,14H2,1H3,(H,24,28). The monoisotopic (exact) mass is 455 g/mol. The third kappa shape index (κ3) is 4.15. The Morgan fingerprint density at radius 3 is 2.52 bits per heavy atom. The van der Waals surface area contributed by atoms with Crippen molar-refractivity contribution in [3.05, 3.63) is 64.3 Å². The van der Waals surface area contributed by atoms with Gasteiger partial charge in [0, 0.05) is 47.3 Å². The third-order valence-corrected chi connectivity index (χ3v) is 5.75. The second kappa shape index (κ2) is 8.29. The number of halogens is 1. The summed E-state index contributed by atoms with van der Waals surface area (Å²) in [5.41, 5.74) is 2.59. The SMILES string of the molecule is Cc1c(C(=O)NCC(=O)N2CCN(c3ccccc3)CC2)oc2ccc(Br)cc12. The molecule has 29 heavy (non-hydrogen) atoms. The number of hydrogen-bond donors (Lipinski definition) is 1. The molecule has 0 saturated carbocycles. The molecule has 6 nitrogen and oxygen atoms in total. The van der Waals surface area contributed by atoms with E-state index in [2.05, 4.69) is 38.3 Å². The summed E-state index contributed by atoms with van der Waals surface area (Å²) in [5.74, 6) is -0.200. The Morgan fingerprint density at radius 1 is 1.07 bits per heavy atom. The lowest BCUT2D eigenvalue weighted by molar-refractivity contribution is -0.130. The van der Waals surface area contributed by atoms with Gasteiger partial charge in [-0.2, -0.15) is 0 Å². The van der Waals surface area contributed by atoms with Gasteiger partial charge >= 0.3 is 0 Å². The zero-order valence-electron chi connectivity index (χ0n) is 16.2. The molecule has 150 valence electrons. The molecular weight excluding hydrogens is 434 g/mol. The van der Waals surface area contributed by atoms with Gasteiger partial charge in [-0.1, -0.05) is 34.1 Å². The van der Waals surface area contributed by atoms with Crippen molar-refractivity contribution in [3.63, 3.8) is 0 Å². The fourth-order valence-corrected chi connectivity index (χ4v) is 3.97. The number of para-hydroxylation sites is 1. The van der Waals surface area contributed by atoms with E-state index in [1.54, 1.807) is 4.90 Å². The zero-order valence-corrected chi connectivity index (χ0v) is 17.7. The number of amides is 2. The van der Waals surface area contributed by atoms with E-state index in [1.807, 2.05) is 43.3 Å². The van der Waals surface area contributed by atoms with E-state index < -0.39 is 0 Å². The highest BCUT2D eigenvalue weighted by atomic mass is 79.9. The van der Waals surface area contributed by atoms with Crippen LogP contribution in [0.25, 0.3) is 11.0 Å². The summed E-state index contributed by atoms with van der Waals surface area (Å²) >= 11 is 3.43. The molecule has 0 atom stereocenters. The van der Waals surface area contributed by atoms with Crippen LogP contribution in [0.2, 0.25) is 0 Å². The van der Waals surface area contributed by atoms with Crippen LogP contribution in [-0.4, -0.2) is 49.4 Å². The van der Waals surface area contributed by atoms with Gasteiger partial charge in [0.25, 0.3) is 5.91 Å². The van der Waals surface area contributed by atoms with Gasteiger partial charge in [-0.05, 0) is 37.3 Å². The molecule has 2 amide bonds. The summed E-state index contributed by atoms with van der Waals surface area (Å²) in [6, 6.07) is 15.8. The summed E-state index contributed by atoms with van der Waals surface area (Å²) in [4.78, 5) is 29.1. The summed E-state index contributed by atoms with van der Waals surface area (Å²) in [7, 11) is 0. The molecule has 0 aliphatic carbocycles. The third-order valence-electron chi connectivity index (χ3n) is 5.26. The first-order chi connectivity index (χ1) is 14.0. The number of anilines is 1. The molecule has 3 aromatic rings. The largest absolute Gasteiger partial charge is 0.451 e. The van der Waals surface area contributed by atoms with Gasteiger partial charge in [-0.15, -0.1) is 0 Å². The highest BCUT2D eigenvalue weighted by molar-refractivity contribution is 9.10. The maximum atomic E-state index is 12.5. The number of furan rings is 1. The smallest absolute Gasteiger partial charge is 0.287 e. The quantitative estimate of drug-likeness (QED) is 0.652. The van der Waals surface area contributed by atoms with Gasteiger partial charge in [-0.3, -0.25) is 9.59 Å². The van der Waals surface area contributed by atoms with E-state index in [4.69, 9.17) is 4.42 Å². The molecule has 1 saturated heterocycles. The number of piperazine rings is 1. The molecule has 0 radical (unpaired) electrons. The highest BCUT2D eigenvalue weighted by Crippen LogP contribution is 2.28. The first-order valence-corrected chi connectivity index (χ1v) is 10.4. The first-order valence-electron chi connectivity index (χ1n) is 9.57. The van der Waals surface area contributed by atoms with Crippen LogP contribution in [0.1, 0.15) is 16.1 Å². The number of carbonyl (C=O) groups excluding carboxylic acids is 2. The lowest BCUT2D eigenvalue weighted by Gasteiger charge is -2.36. The number of fused-ring (bicyclic) bond motifs is 1. The van der Waals surface area contributed by atoms with E-state index in [9.17, 15) is 9.59 Å². The molecule has 1 aromatic heterocycles. The number of nitrogens with one attached hydrogen (secondary N) is 1. The second-order valence-electron chi connectivity index (χ2n) is 7.08. The predicted octanol–water partition coefficient (Wildman–Crippen LogP) is 3.58. The van der Waals surface area contributed by atoms with Crippen molar-refractivity contribution in [2.45, 2.75) is 6.92 Å². The number of hydrogen-bond acceptors (Lipinski definition) is 4. The van der Waals surface area contributed by atoms with Gasteiger partial charge in [0.05, 0.1) is 6.54 Å². The van der Waals surface area contributed by atoms with Crippen molar-refractivity contribution >= 4 is 44.4 Å². The molecule has 2 heterocycles. The molecule has 0 spiro atoms. The van der Waals surface area contributed by atoms with E-state index in [0.29, 0.717) is 18.7 Å². The zero-order chi connectivity index (χ0) is 20.4. The normalized spacial score (nSPS) is 14.3. The Morgan fingerprint density at radius 2 is 1.79 bits per heavy atom. The number of rotatable bonds is 4. The molecule has 1 aliphatic heterocycles. The van der Waals surface area contributed by atoms with Gasteiger partial charge < -0.3 is 19.5 Å². The fraction of sp³-hybridized carbons (Fsp3) is 0.273. The van der Waals surface area contributed by atoms with Crippen molar-refractivity contribution in [2.75, 3.05) is 37.6 Å². The van der Waals surface area contributed by atoms with Crippen LogP contribution in [0.5, 0.6) is 0 Å². The minimum absolute atomic E-state index is 0.0374. The van der Waals surface area contributed by atoms with E-state index in [-0.39, 0.29) is 24.1 Å². The summed E-state index contributed by atoms with van der Waals surface area (Å²) in [6.07, 6.45) is 0. The van der Waals surface area contributed by atoms with Crippen molar-refractivity contribution in [2.24, 2.45) is 0 Å². The van der Waals surface area contributed by atoms with Crippen LogP contribution in [0.15, 0.2) is 57.4 Å². The van der Waals surface area contributed by atoms with Crippen molar-refractivity contribution in [3.8, 4) is 0 Å². The minimum atomic E-state index is -0.369. The van der Waals surface area contributed by atoms with Crippen molar-refractivity contribution in [1.29, 1.82) is 0 Å². The summed E-state index contributed by atoms with van der Waals surface area (Å²) < 4.78 is 6.61. The second-order valence-corrected chi connectivity index (χ2v) is 8.00. The van der Waals surface area contributed by atoms with Crippen LogP contribution < -0.4 is 10.2 Å². The maximum Gasteiger partial charge on any atom is 0.287 e. The predicted molar refractivity (Wildman–Crippen MR) is 116 cm³/mol. The number of carbonyl (C=O) groups is 2. The van der Waals surface area contributed by atoms with Crippen molar-refractivity contribution < 1.29 is 14.0 Å². The Kier molecular flexibility index (Phi) is 5.58. The van der Waals surface area contributed by atoms with Gasteiger partial charge in [0.2, 0.25) is 5.91 Å². The lowest BCUT2D eigenvalue weighted by Crippen LogP contribution is -2.51. The molecular formula is C22H22BrN3O3. The molecule has 0 bridgehead atoms. The maximum absolute atomic E-state index is 12.5. The number of benzene rings is 2. The van der Waals surface area contributed by atoms with Crippen molar-refractivity contribution in [1.82, 2.24) is 10.2 Å². The minimum Gasteiger partial charge on any atom is -0.451 e. The Bertz CT molecular complexity index is 1040. The Balaban J connectivity index is 1.33. The van der Waals surface area contributed by atoms with Crippen LogP contribution in [0.3, 0.4) is 0 Å². The fourth-order valence-electron chi connectivity index (χ4n) is 3.61. The van der Waals surface area contributed by atoms with E-state index in [1.165, 1.54) is 5.69 Å². The first kappa shape index (κ1) is 19.5. The Labute approximate surface area is 177 Å². The molecule has 4 rings (SSSR count). The van der Waals surface area contributed by atoms with Crippen LogP contribution in [-0.2, 0) is 4.79 Å². The highest BCUT2D eigenvalue weighted by Gasteiger charge is 2.23. The van der Waals surface area contributed by atoms with E-state index in [0.717, 1.165) is 28.5 Å². The lowest BCUT2D eigenvalue weighted by atomic mass is 10.1. The van der Waals surface area contributed by atoms with E-state index >= 15 is 0 Å². The number of nitrogens with zero attached hydrogens (tertiary/aromatic N) is 2. The average Bonchev–Trinajstić information content (AvgIpc) is 3.08. The van der Waals surface area contributed by atoms with Gasteiger partial charge in [-0.25, -0.2) is 0 Å². The Hall–Kier alpha value is -2.80. The molecule has 1 aliphatic rings. The average molecular weight is 456 g/mol. The van der Waals surface area contributed by atoms with Gasteiger partial charge in [0.1, 0.15) is 5.58 Å². The molecule has 7 heteroatoms. The van der Waals surface area contributed by atoms with Gasteiger partial charge in [0.15, 0.2) is 5.76 Å². The number of aryl methyl sites for hydroxylation is 1.